The lowest BCUT2D eigenvalue weighted by atomic mass is 10.0. The summed E-state index contributed by atoms with van der Waals surface area (Å²) in [4.78, 5) is 22.7. The van der Waals surface area contributed by atoms with Crippen LogP contribution in [0.1, 0.15) is 25.5 Å². The Morgan fingerprint density at radius 1 is 1.41 bits per heavy atom. The van der Waals surface area contributed by atoms with Gasteiger partial charge in [-0.25, -0.2) is 4.98 Å². The Kier molecular flexibility index (Phi) is 4.22. The molecule has 2 aromatic heterocycles. The van der Waals surface area contributed by atoms with Crippen molar-refractivity contribution in [2.45, 2.75) is 26.2 Å². The second-order valence-corrected chi connectivity index (χ2v) is 5.96. The Morgan fingerprint density at radius 2 is 2.27 bits per heavy atom. The molecule has 5 nitrogen and oxygen atoms in total. The topological polar surface area (TPSA) is 51.0 Å². The van der Waals surface area contributed by atoms with Crippen LogP contribution in [0.5, 0.6) is 0 Å². The van der Waals surface area contributed by atoms with Gasteiger partial charge in [0.1, 0.15) is 0 Å². The first-order chi connectivity index (χ1) is 10.7. The largest absolute Gasteiger partial charge is 0.342 e. The van der Waals surface area contributed by atoms with Crippen molar-refractivity contribution in [2.75, 3.05) is 13.1 Å². The average molecular weight is 298 g/mol. The van der Waals surface area contributed by atoms with E-state index in [2.05, 4.69) is 17.1 Å². The summed E-state index contributed by atoms with van der Waals surface area (Å²) in [5.41, 5.74) is 3.07. The van der Waals surface area contributed by atoms with Gasteiger partial charge in [0.25, 0.3) is 0 Å². The zero-order valence-corrected chi connectivity index (χ0v) is 13.2. The van der Waals surface area contributed by atoms with Crippen molar-refractivity contribution in [3.8, 4) is 11.4 Å². The summed E-state index contributed by atoms with van der Waals surface area (Å²) in [5, 5.41) is 0. The van der Waals surface area contributed by atoms with Gasteiger partial charge in [0.05, 0.1) is 23.9 Å². The zero-order chi connectivity index (χ0) is 15.5. The summed E-state index contributed by atoms with van der Waals surface area (Å²) < 4.78 is 1.98. The van der Waals surface area contributed by atoms with E-state index in [1.807, 2.05) is 35.7 Å². The molecule has 1 aliphatic rings. The summed E-state index contributed by atoms with van der Waals surface area (Å²) in [6, 6.07) is 6.14. The monoisotopic (exact) mass is 298 g/mol. The highest BCUT2D eigenvalue weighted by atomic mass is 16.2. The van der Waals surface area contributed by atoms with Crippen molar-refractivity contribution < 1.29 is 4.79 Å². The Labute approximate surface area is 131 Å². The van der Waals surface area contributed by atoms with Crippen LogP contribution < -0.4 is 0 Å². The highest BCUT2D eigenvalue weighted by Crippen LogP contribution is 2.22. The maximum absolute atomic E-state index is 11.8. The Balaban J connectivity index is 1.69. The van der Waals surface area contributed by atoms with E-state index in [9.17, 15) is 4.79 Å². The molecule has 0 saturated carbocycles. The van der Waals surface area contributed by atoms with E-state index >= 15 is 0 Å². The molecule has 0 spiro atoms. The highest BCUT2D eigenvalue weighted by molar-refractivity contribution is 5.76. The Bertz CT molecular complexity index is 664. The number of nitrogens with zero attached hydrogens (tertiary/aromatic N) is 4. The molecule has 0 unspecified atom stereocenters. The number of amides is 1. The van der Waals surface area contributed by atoms with E-state index in [-0.39, 0.29) is 5.91 Å². The summed E-state index contributed by atoms with van der Waals surface area (Å²) in [7, 11) is 1.97. The maximum atomic E-state index is 11.8. The van der Waals surface area contributed by atoms with Crippen molar-refractivity contribution >= 4 is 5.91 Å². The molecule has 0 radical (unpaired) electrons. The minimum atomic E-state index is 0.263. The van der Waals surface area contributed by atoms with Crippen LogP contribution in [0.2, 0.25) is 0 Å². The molecule has 1 amide bonds. The fourth-order valence-electron chi connectivity index (χ4n) is 3.09. The van der Waals surface area contributed by atoms with Crippen LogP contribution in [0.15, 0.2) is 30.7 Å². The van der Waals surface area contributed by atoms with E-state index in [0.717, 1.165) is 43.0 Å². The Morgan fingerprint density at radius 3 is 3.00 bits per heavy atom. The van der Waals surface area contributed by atoms with Gasteiger partial charge in [0, 0.05) is 32.3 Å². The average Bonchev–Trinajstić information content (AvgIpc) is 3.16. The molecule has 0 aliphatic carbocycles. The molecule has 1 fully saturated rings. The predicted molar refractivity (Wildman–Crippen MR) is 85.1 cm³/mol. The maximum Gasteiger partial charge on any atom is 0.222 e. The normalized spacial score (nSPS) is 17.9. The van der Waals surface area contributed by atoms with E-state index in [4.69, 9.17) is 4.98 Å². The van der Waals surface area contributed by atoms with Crippen molar-refractivity contribution in [3.05, 3.63) is 36.4 Å². The van der Waals surface area contributed by atoms with E-state index in [1.165, 1.54) is 0 Å². The molecule has 3 rings (SSSR count). The van der Waals surface area contributed by atoms with Crippen LogP contribution in [-0.4, -0.2) is 38.4 Å². The SMILES string of the molecule is CCC(=O)N1CC[C@@H](Cc2cccc(-c3cncn3C)n2)C1. The van der Waals surface area contributed by atoms with Gasteiger partial charge in [0.2, 0.25) is 5.91 Å². The summed E-state index contributed by atoms with van der Waals surface area (Å²) in [6.07, 6.45) is 6.22. The zero-order valence-electron chi connectivity index (χ0n) is 13.2. The molecule has 3 heterocycles. The van der Waals surface area contributed by atoms with Crippen LogP contribution in [0, 0.1) is 5.92 Å². The number of hydrogen-bond acceptors (Lipinski definition) is 3. The minimum Gasteiger partial charge on any atom is -0.342 e. The molecule has 0 N–H and O–H groups in total. The van der Waals surface area contributed by atoms with Crippen molar-refractivity contribution in [3.63, 3.8) is 0 Å². The van der Waals surface area contributed by atoms with Gasteiger partial charge in [0.15, 0.2) is 0 Å². The summed E-state index contributed by atoms with van der Waals surface area (Å²) in [5.74, 6) is 0.781. The van der Waals surface area contributed by atoms with Gasteiger partial charge >= 0.3 is 0 Å². The van der Waals surface area contributed by atoms with Crippen molar-refractivity contribution in [1.29, 1.82) is 0 Å². The number of carbonyl (C=O) groups excluding carboxylic acids is 1. The van der Waals surface area contributed by atoms with Crippen LogP contribution >= 0.6 is 0 Å². The smallest absolute Gasteiger partial charge is 0.222 e. The van der Waals surface area contributed by atoms with Crippen LogP contribution in [-0.2, 0) is 18.3 Å². The summed E-state index contributed by atoms with van der Waals surface area (Å²) >= 11 is 0. The molecule has 5 heteroatoms. The molecule has 22 heavy (non-hydrogen) atoms. The summed E-state index contributed by atoms with van der Waals surface area (Å²) in [6.45, 7) is 3.68. The lowest BCUT2D eigenvalue weighted by Gasteiger charge is -2.15. The third-order valence-electron chi connectivity index (χ3n) is 4.32. The van der Waals surface area contributed by atoms with E-state index < -0.39 is 0 Å². The number of carbonyl (C=O) groups is 1. The van der Waals surface area contributed by atoms with Gasteiger partial charge in [-0.1, -0.05) is 13.0 Å². The van der Waals surface area contributed by atoms with Crippen LogP contribution in [0.3, 0.4) is 0 Å². The molecule has 116 valence electrons. The molecule has 0 bridgehead atoms. The van der Waals surface area contributed by atoms with Crippen molar-refractivity contribution in [1.82, 2.24) is 19.4 Å². The highest BCUT2D eigenvalue weighted by Gasteiger charge is 2.25. The van der Waals surface area contributed by atoms with Gasteiger partial charge < -0.3 is 9.47 Å². The fraction of sp³-hybridized carbons (Fsp3) is 0.471. The van der Waals surface area contributed by atoms with Crippen LogP contribution in [0.25, 0.3) is 11.4 Å². The number of likely N-dealkylation sites (tertiary alicyclic amines) is 1. The number of hydrogen-bond donors (Lipinski definition) is 0. The van der Waals surface area contributed by atoms with E-state index in [0.29, 0.717) is 12.3 Å². The Hall–Kier alpha value is -2.17. The van der Waals surface area contributed by atoms with Crippen LogP contribution in [0.4, 0.5) is 0 Å². The number of imidazole rings is 1. The molecule has 0 aromatic carbocycles. The second kappa shape index (κ2) is 6.30. The number of aryl methyl sites for hydroxylation is 1. The number of pyridine rings is 1. The van der Waals surface area contributed by atoms with Gasteiger partial charge in [-0.2, -0.15) is 0 Å². The first-order valence-electron chi connectivity index (χ1n) is 7.87. The fourth-order valence-corrected chi connectivity index (χ4v) is 3.09. The predicted octanol–water partition coefficient (Wildman–Crippen LogP) is 2.28. The second-order valence-electron chi connectivity index (χ2n) is 5.96. The van der Waals surface area contributed by atoms with Gasteiger partial charge in [-0.05, 0) is 30.9 Å². The van der Waals surface area contributed by atoms with Gasteiger partial charge in [-0.3, -0.25) is 9.78 Å². The van der Waals surface area contributed by atoms with E-state index in [1.54, 1.807) is 6.33 Å². The quantitative estimate of drug-likeness (QED) is 0.870. The first kappa shape index (κ1) is 14.8. The third-order valence-corrected chi connectivity index (χ3v) is 4.32. The molecule has 1 saturated heterocycles. The third kappa shape index (κ3) is 3.03. The number of rotatable bonds is 4. The molecule has 1 aliphatic heterocycles. The standard InChI is InChI=1S/C17H22N4O/c1-3-17(22)21-8-7-13(11-21)9-14-5-4-6-15(19-14)16-10-18-12-20(16)2/h4-6,10,12-13H,3,7-9,11H2,1-2H3/t13-/m0/s1. The molecule has 2 aromatic rings. The van der Waals surface area contributed by atoms with Gasteiger partial charge in [-0.15, -0.1) is 0 Å². The lowest BCUT2D eigenvalue weighted by molar-refractivity contribution is -0.129. The first-order valence-corrected chi connectivity index (χ1v) is 7.87. The molecular weight excluding hydrogens is 276 g/mol. The lowest BCUT2D eigenvalue weighted by Crippen LogP contribution is -2.28. The van der Waals surface area contributed by atoms with Crippen molar-refractivity contribution in [2.24, 2.45) is 13.0 Å². The molecule has 1 atom stereocenters. The molecular formula is C17H22N4O. The number of aromatic nitrogens is 3. The minimum absolute atomic E-state index is 0.263.